The summed E-state index contributed by atoms with van der Waals surface area (Å²) in [7, 11) is -2.95. The molecule has 0 saturated carbocycles. The topological polar surface area (TPSA) is 37.3 Å². The van der Waals surface area contributed by atoms with Crippen LogP contribution in [0.5, 0.6) is 0 Å². The van der Waals surface area contributed by atoms with E-state index in [0.29, 0.717) is 6.16 Å². The van der Waals surface area contributed by atoms with Gasteiger partial charge in [0.05, 0.1) is 0 Å². The average Bonchev–Trinajstić information content (AvgIpc) is 2.55. The standard InChI is InChI=1S/C12H13O2P/c13-15(14)8-7-11-10-4-2-1-3-9(10)5-6-12(11)15/h1-4H,5-8H2,(H,13,14). The van der Waals surface area contributed by atoms with Gasteiger partial charge in [-0.3, -0.25) is 4.57 Å². The maximum absolute atomic E-state index is 11.9. The zero-order valence-electron chi connectivity index (χ0n) is 8.44. The van der Waals surface area contributed by atoms with Gasteiger partial charge < -0.3 is 4.89 Å². The summed E-state index contributed by atoms with van der Waals surface area (Å²) in [5.74, 6) is 0. The minimum atomic E-state index is -2.95. The Kier molecular flexibility index (Phi) is 1.92. The highest BCUT2D eigenvalue weighted by molar-refractivity contribution is 7.63. The Morgan fingerprint density at radius 3 is 2.80 bits per heavy atom. The Hall–Kier alpha value is -0.850. The summed E-state index contributed by atoms with van der Waals surface area (Å²) in [6, 6.07) is 8.25. The van der Waals surface area contributed by atoms with Crippen molar-refractivity contribution in [2.45, 2.75) is 19.3 Å². The molecule has 1 aliphatic carbocycles. The lowest BCUT2D eigenvalue weighted by atomic mass is 9.90. The highest BCUT2D eigenvalue weighted by atomic mass is 31.2. The molecule has 1 N–H and O–H groups in total. The van der Waals surface area contributed by atoms with Crippen LogP contribution >= 0.6 is 7.37 Å². The van der Waals surface area contributed by atoms with Crippen LogP contribution in [0.15, 0.2) is 29.6 Å². The second-order valence-corrected chi connectivity index (χ2v) is 6.65. The van der Waals surface area contributed by atoms with Crippen molar-refractivity contribution in [2.24, 2.45) is 0 Å². The zero-order valence-corrected chi connectivity index (χ0v) is 9.33. The summed E-state index contributed by atoms with van der Waals surface area (Å²) in [4.78, 5) is 9.81. The molecule has 1 aliphatic heterocycles. The average molecular weight is 220 g/mol. The van der Waals surface area contributed by atoms with Gasteiger partial charge in [0.2, 0.25) is 7.37 Å². The Morgan fingerprint density at radius 2 is 1.93 bits per heavy atom. The van der Waals surface area contributed by atoms with E-state index >= 15 is 0 Å². The van der Waals surface area contributed by atoms with Gasteiger partial charge in [0.1, 0.15) is 0 Å². The second-order valence-electron chi connectivity index (χ2n) is 4.26. The number of rotatable bonds is 0. The van der Waals surface area contributed by atoms with E-state index in [1.807, 2.05) is 12.1 Å². The summed E-state index contributed by atoms with van der Waals surface area (Å²) < 4.78 is 11.9. The van der Waals surface area contributed by atoms with Gasteiger partial charge in [0.25, 0.3) is 0 Å². The van der Waals surface area contributed by atoms with E-state index in [1.54, 1.807) is 0 Å². The maximum Gasteiger partial charge on any atom is 0.226 e. The van der Waals surface area contributed by atoms with Gasteiger partial charge in [0, 0.05) is 11.5 Å². The molecule has 0 bridgehead atoms. The summed E-state index contributed by atoms with van der Waals surface area (Å²) in [5, 5.41) is 0.848. The molecule has 3 heteroatoms. The van der Waals surface area contributed by atoms with E-state index in [2.05, 4.69) is 12.1 Å². The van der Waals surface area contributed by atoms with Crippen LogP contribution in [-0.4, -0.2) is 11.1 Å². The van der Waals surface area contributed by atoms with E-state index in [4.69, 9.17) is 0 Å². The van der Waals surface area contributed by atoms with Crippen LogP contribution in [0, 0.1) is 0 Å². The van der Waals surface area contributed by atoms with Crippen LogP contribution < -0.4 is 0 Å². The smallest absolute Gasteiger partial charge is 0.226 e. The van der Waals surface area contributed by atoms with Gasteiger partial charge in [-0.25, -0.2) is 0 Å². The molecule has 0 aromatic heterocycles. The van der Waals surface area contributed by atoms with Crippen LogP contribution in [0.4, 0.5) is 0 Å². The van der Waals surface area contributed by atoms with Crippen molar-refractivity contribution in [1.82, 2.24) is 0 Å². The fraction of sp³-hybridized carbons (Fsp3) is 0.333. The van der Waals surface area contributed by atoms with Crippen LogP contribution in [0.1, 0.15) is 24.0 Å². The summed E-state index contributed by atoms with van der Waals surface area (Å²) in [5.41, 5.74) is 3.70. The largest absolute Gasteiger partial charge is 0.341 e. The first-order chi connectivity index (χ1) is 7.18. The minimum absolute atomic E-state index is 0.450. The summed E-state index contributed by atoms with van der Waals surface area (Å²) in [6.45, 7) is 0. The molecule has 1 heterocycles. The molecule has 1 unspecified atom stereocenters. The molecular weight excluding hydrogens is 207 g/mol. The van der Waals surface area contributed by atoms with Crippen LogP contribution in [0.3, 0.4) is 0 Å². The van der Waals surface area contributed by atoms with Crippen molar-refractivity contribution in [1.29, 1.82) is 0 Å². The van der Waals surface area contributed by atoms with E-state index in [1.165, 1.54) is 11.1 Å². The molecular formula is C12H13O2P. The van der Waals surface area contributed by atoms with Gasteiger partial charge >= 0.3 is 0 Å². The molecule has 1 aromatic carbocycles. The van der Waals surface area contributed by atoms with Crippen molar-refractivity contribution in [3.63, 3.8) is 0 Å². The van der Waals surface area contributed by atoms with Crippen molar-refractivity contribution < 1.29 is 9.46 Å². The molecule has 1 aromatic rings. The van der Waals surface area contributed by atoms with Crippen molar-refractivity contribution in [3.8, 4) is 0 Å². The first-order valence-corrected chi connectivity index (χ1v) is 7.16. The third kappa shape index (κ3) is 1.32. The van der Waals surface area contributed by atoms with E-state index < -0.39 is 7.37 Å². The predicted molar refractivity (Wildman–Crippen MR) is 61.0 cm³/mol. The number of benzene rings is 1. The van der Waals surface area contributed by atoms with Gasteiger partial charge in [-0.2, -0.15) is 0 Å². The SMILES string of the molecule is O=P1(O)CCC2=C1CCc1ccccc12. The lowest BCUT2D eigenvalue weighted by molar-refractivity contribution is 0.486. The molecule has 0 spiro atoms. The van der Waals surface area contributed by atoms with Crippen LogP contribution in [0.25, 0.3) is 5.57 Å². The molecule has 2 aliphatic rings. The first-order valence-electron chi connectivity index (χ1n) is 5.31. The van der Waals surface area contributed by atoms with E-state index in [9.17, 15) is 9.46 Å². The number of aryl methyl sites for hydroxylation is 1. The second kappa shape index (κ2) is 3.07. The fourth-order valence-electron chi connectivity index (χ4n) is 2.65. The molecule has 2 nitrogen and oxygen atoms in total. The fourth-order valence-corrected chi connectivity index (χ4v) is 4.57. The molecule has 0 amide bonds. The monoisotopic (exact) mass is 220 g/mol. The first kappa shape index (κ1) is 9.38. The Labute approximate surface area is 89.1 Å². The lowest BCUT2D eigenvalue weighted by Gasteiger charge is -2.19. The Morgan fingerprint density at radius 1 is 1.13 bits per heavy atom. The molecule has 0 radical (unpaired) electrons. The van der Waals surface area contributed by atoms with Crippen LogP contribution in [-0.2, 0) is 11.0 Å². The molecule has 1 atom stereocenters. The molecule has 3 rings (SSSR count). The lowest BCUT2D eigenvalue weighted by Crippen LogP contribution is -2.01. The van der Waals surface area contributed by atoms with Gasteiger partial charge in [0.15, 0.2) is 0 Å². The molecule has 0 saturated heterocycles. The molecule has 78 valence electrons. The maximum atomic E-state index is 11.9. The Balaban J connectivity index is 2.22. The van der Waals surface area contributed by atoms with Crippen LogP contribution in [0.2, 0.25) is 0 Å². The number of allylic oxidation sites excluding steroid dienone is 2. The predicted octanol–water partition coefficient (Wildman–Crippen LogP) is 3.02. The quantitative estimate of drug-likeness (QED) is 0.682. The number of hydrogen-bond acceptors (Lipinski definition) is 1. The van der Waals surface area contributed by atoms with Gasteiger partial charge in [-0.05, 0) is 36.0 Å². The third-order valence-corrected chi connectivity index (χ3v) is 5.58. The minimum Gasteiger partial charge on any atom is -0.341 e. The summed E-state index contributed by atoms with van der Waals surface area (Å²) in [6.07, 6.45) is 2.92. The van der Waals surface area contributed by atoms with Crippen molar-refractivity contribution in [2.75, 3.05) is 6.16 Å². The highest BCUT2D eigenvalue weighted by Gasteiger charge is 2.36. The van der Waals surface area contributed by atoms with Gasteiger partial charge in [-0.1, -0.05) is 24.3 Å². The normalized spacial score (nSPS) is 28.9. The van der Waals surface area contributed by atoms with Gasteiger partial charge in [-0.15, -0.1) is 0 Å². The van der Waals surface area contributed by atoms with Crippen molar-refractivity contribution in [3.05, 3.63) is 40.7 Å². The van der Waals surface area contributed by atoms with Crippen molar-refractivity contribution >= 4 is 12.9 Å². The van der Waals surface area contributed by atoms with E-state index in [0.717, 1.165) is 30.1 Å². The number of hydrogen-bond donors (Lipinski definition) is 1. The summed E-state index contributed by atoms with van der Waals surface area (Å²) >= 11 is 0. The van der Waals surface area contributed by atoms with E-state index in [-0.39, 0.29) is 0 Å². The molecule has 0 fully saturated rings. The molecule has 15 heavy (non-hydrogen) atoms. The zero-order chi connectivity index (χ0) is 10.5. The third-order valence-electron chi connectivity index (χ3n) is 3.41. The Bertz CT molecular complexity index is 502. The number of fused-ring (bicyclic) bond motifs is 2. The highest BCUT2D eigenvalue weighted by Crippen LogP contribution is 2.62.